The van der Waals surface area contributed by atoms with Crippen LogP contribution in [0.15, 0.2) is 40.9 Å². The van der Waals surface area contributed by atoms with Crippen LogP contribution >= 0.6 is 15.9 Å². The maximum Gasteiger partial charge on any atom is 0.254 e. The number of carbonyl (C=O) groups excluding carboxylic acids is 1. The van der Waals surface area contributed by atoms with Crippen LogP contribution in [0.4, 0.5) is 14.5 Å². The lowest BCUT2D eigenvalue weighted by Crippen LogP contribution is -2.24. The molecular formula is C14H11BrF2N2O. The number of nitrogens with two attached hydrogens (primary N) is 1. The summed E-state index contributed by atoms with van der Waals surface area (Å²) in [6.45, 7) is -0.0338. The lowest BCUT2D eigenvalue weighted by atomic mass is 10.1. The lowest BCUT2D eigenvalue weighted by Gasteiger charge is -2.08. The van der Waals surface area contributed by atoms with Crippen molar-refractivity contribution < 1.29 is 13.6 Å². The van der Waals surface area contributed by atoms with E-state index in [0.717, 1.165) is 6.07 Å². The first-order chi connectivity index (χ1) is 9.47. The highest BCUT2D eigenvalue weighted by Gasteiger charge is 2.12. The van der Waals surface area contributed by atoms with Gasteiger partial charge in [-0.25, -0.2) is 8.78 Å². The Balaban J connectivity index is 2.10. The van der Waals surface area contributed by atoms with Crippen LogP contribution in [0.5, 0.6) is 0 Å². The van der Waals surface area contributed by atoms with Gasteiger partial charge >= 0.3 is 0 Å². The molecule has 6 heteroatoms. The fourth-order valence-corrected chi connectivity index (χ4v) is 2.07. The van der Waals surface area contributed by atoms with E-state index in [4.69, 9.17) is 5.73 Å². The average Bonchev–Trinajstić information content (AvgIpc) is 2.39. The fourth-order valence-electron chi connectivity index (χ4n) is 1.67. The number of anilines is 1. The highest BCUT2D eigenvalue weighted by molar-refractivity contribution is 9.10. The van der Waals surface area contributed by atoms with Gasteiger partial charge in [0.2, 0.25) is 0 Å². The van der Waals surface area contributed by atoms with Gasteiger partial charge < -0.3 is 11.1 Å². The molecule has 2 aromatic carbocycles. The predicted octanol–water partition coefficient (Wildman–Crippen LogP) is 3.24. The van der Waals surface area contributed by atoms with Gasteiger partial charge in [0.15, 0.2) is 0 Å². The Morgan fingerprint density at radius 2 is 1.90 bits per heavy atom. The molecule has 3 N–H and O–H groups in total. The number of amides is 1. The van der Waals surface area contributed by atoms with Gasteiger partial charge in [-0.3, -0.25) is 4.79 Å². The highest BCUT2D eigenvalue weighted by Crippen LogP contribution is 2.16. The molecule has 1 amide bonds. The molecule has 0 atom stereocenters. The smallest absolute Gasteiger partial charge is 0.254 e. The van der Waals surface area contributed by atoms with E-state index < -0.39 is 17.5 Å². The van der Waals surface area contributed by atoms with Gasteiger partial charge in [0.25, 0.3) is 5.91 Å². The highest BCUT2D eigenvalue weighted by atomic mass is 79.9. The van der Waals surface area contributed by atoms with E-state index in [-0.39, 0.29) is 17.8 Å². The largest absolute Gasteiger partial charge is 0.399 e. The molecule has 3 nitrogen and oxygen atoms in total. The van der Waals surface area contributed by atoms with Crippen LogP contribution in [0.2, 0.25) is 0 Å². The first kappa shape index (κ1) is 14.5. The van der Waals surface area contributed by atoms with Gasteiger partial charge in [-0.1, -0.05) is 15.9 Å². The molecular weight excluding hydrogens is 330 g/mol. The predicted molar refractivity (Wildman–Crippen MR) is 76.1 cm³/mol. The van der Waals surface area contributed by atoms with Crippen molar-refractivity contribution in [3.8, 4) is 0 Å². The topological polar surface area (TPSA) is 55.1 Å². The minimum Gasteiger partial charge on any atom is -0.399 e. The van der Waals surface area contributed by atoms with Gasteiger partial charge in [-0.05, 0) is 36.4 Å². The second-order valence-electron chi connectivity index (χ2n) is 4.16. The zero-order valence-electron chi connectivity index (χ0n) is 10.3. The summed E-state index contributed by atoms with van der Waals surface area (Å²) in [6, 6.07) is 8.17. The van der Waals surface area contributed by atoms with Crippen LogP contribution in [0.25, 0.3) is 0 Å². The van der Waals surface area contributed by atoms with Crippen LogP contribution in [-0.4, -0.2) is 5.91 Å². The van der Waals surface area contributed by atoms with E-state index in [1.165, 1.54) is 18.2 Å². The van der Waals surface area contributed by atoms with Gasteiger partial charge in [-0.15, -0.1) is 0 Å². The Hall–Kier alpha value is -1.95. The normalized spacial score (nSPS) is 10.3. The number of hydrogen-bond acceptors (Lipinski definition) is 2. The van der Waals surface area contributed by atoms with E-state index in [0.29, 0.717) is 10.0 Å². The Labute approximate surface area is 122 Å². The number of carbonyl (C=O) groups is 1. The molecule has 0 aliphatic heterocycles. The zero-order valence-corrected chi connectivity index (χ0v) is 11.9. The van der Waals surface area contributed by atoms with E-state index >= 15 is 0 Å². The summed E-state index contributed by atoms with van der Waals surface area (Å²) < 4.78 is 27.7. The molecule has 0 aliphatic rings. The lowest BCUT2D eigenvalue weighted by molar-refractivity contribution is 0.0946. The molecule has 0 saturated heterocycles. The maximum atomic E-state index is 13.5. The van der Waals surface area contributed by atoms with Crippen LogP contribution < -0.4 is 11.1 Å². The number of rotatable bonds is 3. The number of nitrogens with one attached hydrogen (secondary N) is 1. The van der Waals surface area contributed by atoms with E-state index in [1.54, 1.807) is 12.1 Å². The Kier molecular flexibility index (Phi) is 4.34. The molecule has 2 aromatic rings. The van der Waals surface area contributed by atoms with E-state index in [1.807, 2.05) is 0 Å². The zero-order chi connectivity index (χ0) is 14.7. The van der Waals surface area contributed by atoms with Crippen molar-refractivity contribution in [3.05, 3.63) is 63.6 Å². The monoisotopic (exact) mass is 340 g/mol. The molecule has 20 heavy (non-hydrogen) atoms. The number of benzene rings is 2. The molecule has 0 bridgehead atoms. The van der Waals surface area contributed by atoms with Gasteiger partial charge in [0.1, 0.15) is 11.6 Å². The maximum absolute atomic E-state index is 13.5. The molecule has 0 spiro atoms. The standard InChI is InChI=1S/C14H11BrF2N2O/c15-9-1-4-12(16)8(5-9)7-19-14(20)11-3-2-10(18)6-13(11)17/h1-6H,7,18H2,(H,19,20). The molecule has 0 radical (unpaired) electrons. The average molecular weight is 341 g/mol. The summed E-state index contributed by atoms with van der Waals surface area (Å²) >= 11 is 3.21. The first-order valence-electron chi connectivity index (χ1n) is 5.74. The van der Waals surface area contributed by atoms with Crippen molar-refractivity contribution in [2.24, 2.45) is 0 Å². The second-order valence-corrected chi connectivity index (χ2v) is 5.07. The third-order valence-electron chi connectivity index (χ3n) is 2.68. The summed E-state index contributed by atoms with van der Waals surface area (Å²) in [5.74, 6) is -1.77. The molecule has 0 aromatic heterocycles. The summed E-state index contributed by atoms with van der Waals surface area (Å²) in [4.78, 5) is 11.8. The number of halogens is 3. The summed E-state index contributed by atoms with van der Waals surface area (Å²) in [5.41, 5.74) is 5.81. The molecule has 104 valence electrons. The minimum atomic E-state index is -0.711. The molecule has 0 aliphatic carbocycles. The fraction of sp³-hybridized carbons (Fsp3) is 0.0714. The first-order valence-corrected chi connectivity index (χ1v) is 6.54. The SMILES string of the molecule is Nc1ccc(C(=O)NCc2cc(Br)ccc2F)c(F)c1. The summed E-state index contributed by atoms with van der Waals surface area (Å²) in [7, 11) is 0. The summed E-state index contributed by atoms with van der Waals surface area (Å²) in [5, 5.41) is 2.46. The van der Waals surface area contributed by atoms with Crippen molar-refractivity contribution in [2.45, 2.75) is 6.54 Å². The van der Waals surface area contributed by atoms with Crippen LogP contribution in [-0.2, 0) is 6.54 Å². The Morgan fingerprint density at radius 1 is 1.15 bits per heavy atom. The van der Waals surface area contributed by atoms with Crippen LogP contribution in [0.3, 0.4) is 0 Å². The number of hydrogen-bond donors (Lipinski definition) is 2. The summed E-state index contributed by atoms with van der Waals surface area (Å²) in [6.07, 6.45) is 0. The van der Waals surface area contributed by atoms with Crippen molar-refractivity contribution in [2.75, 3.05) is 5.73 Å². The molecule has 2 rings (SSSR count). The minimum absolute atomic E-state index is 0.0338. The Bertz CT molecular complexity index is 662. The van der Waals surface area contributed by atoms with E-state index in [9.17, 15) is 13.6 Å². The number of nitrogen functional groups attached to an aromatic ring is 1. The van der Waals surface area contributed by atoms with Crippen molar-refractivity contribution in [1.29, 1.82) is 0 Å². The second kappa shape index (κ2) is 6.00. The van der Waals surface area contributed by atoms with Gasteiger partial charge in [0.05, 0.1) is 5.56 Å². The van der Waals surface area contributed by atoms with Crippen molar-refractivity contribution >= 4 is 27.5 Å². The molecule has 0 saturated carbocycles. The van der Waals surface area contributed by atoms with Crippen molar-refractivity contribution in [1.82, 2.24) is 5.32 Å². The van der Waals surface area contributed by atoms with Crippen molar-refractivity contribution in [3.63, 3.8) is 0 Å². The van der Waals surface area contributed by atoms with E-state index in [2.05, 4.69) is 21.2 Å². The third-order valence-corrected chi connectivity index (χ3v) is 3.18. The van der Waals surface area contributed by atoms with Gasteiger partial charge in [-0.2, -0.15) is 0 Å². The van der Waals surface area contributed by atoms with Gasteiger partial charge in [0, 0.05) is 22.3 Å². The molecule has 0 fully saturated rings. The quantitative estimate of drug-likeness (QED) is 0.842. The Morgan fingerprint density at radius 3 is 2.60 bits per heavy atom. The molecule has 0 unspecified atom stereocenters. The van der Waals surface area contributed by atoms with Crippen LogP contribution in [0.1, 0.15) is 15.9 Å². The third kappa shape index (κ3) is 3.33. The molecule has 0 heterocycles. The van der Waals surface area contributed by atoms with Crippen LogP contribution in [0, 0.1) is 11.6 Å².